The second kappa shape index (κ2) is 8.56. The number of hydrogen-bond acceptors (Lipinski definition) is 4. The van der Waals surface area contributed by atoms with Crippen molar-refractivity contribution >= 4 is 11.9 Å². The number of carbonyl (C=O) groups is 2. The lowest BCUT2D eigenvalue weighted by molar-refractivity contribution is -0.160. The van der Waals surface area contributed by atoms with Gasteiger partial charge < -0.3 is 14.6 Å². The predicted octanol–water partition coefficient (Wildman–Crippen LogP) is 3.45. The van der Waals surface area contributed by atoms with E-state index >= 15 is 0 Å². The van der Waals surface area contributed by atoms with Gasteiger partial charge in [-0.2, -0.15) is 0 Å². The van der Waals surface area contributed by atoms with Gasteiger partial charge in [0, 0.05) is 0 Å². The largest absolute Gasteiger partial charge is 0.497 e. The Morgan fingerprint density at radius 2 is 1.78 bits per heavy atom. The van der Waals surface area contributed by atoms with Crippen molar-refractivity contribution in [1.29, 1.82) is 0 Å². The van der Waals surface area contributed by atoms with Crippen molar-refractivity contribution < 1.29 is 24.2 Å². The van der Waals surface area contributed by atoms with Crippen LogP contribution in [0.1, 0.15) is 45.6 Å². The van der Waals surface area contributed by atoms with Gasteiger partial charge in [0.05, 0.1) is 19.4 Å². The molecule has 1 unspecified atom stereocenters. The van der Waals surface area contributed by atoms with Gasteiger partial charge in [0.1, 0.15) is 11.4 Å². The lowest BCUT2D eigenvalue weighted by Crippen LogP contribution is -2.27. The Morgan fingerprint density at radius 1 is 1.17 bits per heavy atom. The van der Waals surface area contributed by atoms with Crippen LogP contribution in [0.25, 0.3) is 0 Å². The van der Waals surface area contributed by atoms with Gasteiger partial charge in [-0.25, -0.2) is 0 Å². The molecular formula is C18H26O5. The van der Waals surface area contributed by atoms with Crippen LogP contribution < -0.4 is 4.74 Å². The molecule has 1 N–H and O–H groups in total. The summed E-state index contributed by atoms with van der Waals surface area (Å²) in [4.78, 5) is 23.1. The van der Waals surface area contributed by atoms with E-state index in [-0.39, 0.29) is 6.42 Å². The Hall–Kier alpha value is -2.04. The van der Waals surface area contributed by atoms with Gasteiger partial charge in [-0.3, -0.25) is 9.59 Å². The molecule has 1 aromatic rings. The molecule has 0 radical (unpaired) electrons. The molecular weight excluding hydrogens is 296 g/mol. The third kappa shape index (κ3) is 7.68. The molecule has 0 aliphatic rings. The zero-order chi connectivity index (χ0) is 17.5. The molecule has 5 heteroatoms. The summed E-state index contributed by atoms with van der Waals surface area (Å²) in [5.41, 5.74) is 0.524. The molecule has 0 spiro atoms. The molecule has 0 aromatic heterocycles. The van der Waals surface area contributed by atoms with Gasteiger partial charge in [0.15, 0.2) is 0 Å². The zero-order valence-electron chi connectivity index (χ0n) is 14.3. The summed E-state index contributed by atoms with van der Waals surface area (Å²) >= 11 is 0. The van der Waals surface area contributed by atoms with E-state index in [2.05, 4.69) is 0 Å². The van der Waals surface area contributed by atoms with Gasteiger partial charge in [-0.05, 0) is 57.7 Å². The number of benzene rings is 1. The number of hydrogen-bond donors (Lipinski definition) is 1. The number of aliphatic carboxylic acids is 1. The molecule has 128 valence electrons. The summed E-state index contributed by atoms with van der Waals surface area (Å²) < 4.78 is 10.3. The molecule has 0 heterocycles. The third-order valence-corrected chi connectivity index (χ3v) is 3.36. The number of esters is 1. The fraction of sp³-hybridized carbons (Fsp3) is 0.556. The Bertz CT molecular complexity index is 513. The highest BCUT2D eigenvalue weighted by Crippen LogP contribution is 2.19. The number of rotatable bonds is 8. The maximum absolute atomic E-state index is 11.8. The highest BCUT2D eigenvalue weighted by molar-refractivity contribution is 5.78. The highest BCUT2D eigenvalue weighted by Gasteiger charge is 2.24. The summed E-state index contributed by atoms with van der Waals surface area (Å²) in [6.07, 6.45) is 1.82. The summed E-state index contributed by atoms with van der Waals surface area (Å²) in [6.45, 7) is 5.30. The first-order valence-electron chi connectivity index (χ1n) is 7.79. The number of carboxylic acids is 1. The van der Waals surface area contributed by atoms with E-state index < -0.39 is 23.5 Å². The average molecular weight is 322 g/mol. The first-order valence-corrected chi connectivity index (χ1v) is 7.79. The van der Waals surface area contributed by atoms with Crippen LogP contribution in [0.2, 0.25) is 0 Å². The SMILES string of the molecule is COc1ccc(CCCC(CC(=O)OC(C)(C)C)C(=O)O)cc1. The molecule has 0 amide bonds. The minimum Gasteiger partial charge on any atom is -0.497 e. The summed E-state index contributed by atoms with van der Waals surface area (Å²) in [5.74, 6) is -1.33. The first-order chi connectivity index (χ1) is 10.7. The van der Waals surface area contributed by atoms with Crippen molar-refractivity contribution in [3.8, 4) is 5.75 Å². The van der Waals surface area contributed by atoms with Crippen LogP contribution in [0.3, 0.4) is 0 Å². The van der Waals surface area contributed by atoms with Crippen LogP contribution in [0.15, 0.2) is 24.3 Å². The quantitative estimate of drug-likeness (QED) is 0.742. The van der Waals surface area contributed by atoms with Crippen LogP contribution in [0.5, 0.6) is 5.75 Å². The summed E-state index contributed by atoms with van der Waals surface area (Å²) in [5, 5.41) is 9.26. The first kappa shape index (κ1) is 19.0. The Morgan fingerprint density at radius 3 is 2.26 bits per heavy atom. The van der Waals surface area contributed by atoms with Crippen molar-refractivity contribution in [1.82, 2.24) is 0 Å². The van der Waals surface area contributed by atoms with E-state index in [1.807, 2.05) is 24.3 Å². The van der Waals surface area contributed by atoms with Crippen molar-refractivity contribution in [3.05, 3.63) is 29.8 Å². The zero-order valence-corrected chi connectivity index (χ0v) is 14.3. The fourth-order valence-corrected chi connectivity index (χ4v) is 2.24. The van der Waals surface area contributed by atoms with Crippen molar-refractivity contribution in [2.75, 3.05) is 7.11 Å². The lowest BCUT2D eigenvalue weighted by Gasteiger charge is -2.21. The molecule has 0 fully saturated rings. The van der Waals surface area contributed by atoms with E-state index in [1.165, 1.54) is 0 Å². The molecule has 0 aliphatic heterocycles. The monoisotopic (exact) mass is 322 g/mol. The predicted molar refractivity (Wildman–Crippen MR) is 87.5 cm³/mol. The summed E-state index contributed by atoms with van der Waals surface area (Å²) in [7, 11) is 1.61. The Labute approximate surface area is 137 Å². The van der Waals surface area contributed by atoms with Gasteiger partial charge in [0.25, 0.3) is 0 Å². The maximum atomic E-state index is 11.8. The second-order valence-corrected chi connectivity index (χ2v) is 6.57. The van der Waals surface area contributed by atoms with E-state index in [0.717, 1.165) is 17.7 Å². The number of carbonyl (C=O) groups excluding carboxylic acids is 1. The van der Waals surface area contributed by atoms with Gasteiger partial charge >= 0.3 is 11.9 Å². The van der Waals surface area contributed by atoms with Gasteiger partial charge in [-0.1, -0.05) is 12.1 Å². The number of methoxy groups -OCH3 is 1. The smallest absolute Gasteiger partial charge is 0.307 e. The van der Waals surface area contributed by atoms with Crippen LogP contribution in [-0.2, 0) is 20.7 Å². The van der Waals surface area contributed by atoms with Crippen molar-refractivity contribution in [3.63, 3.8) is 0 Å². The second-order valence-electron chi connectivity index (χ2n) is 6.57. The summed E-state index contributed by atoms with van der Waals surface area (Å²) in [6, 6.07) is 7.68. The third-order valence-electron chi connectivity index (χ3n) is 3.36. The molecule has 0 aliphatic carbocycles. The van der Waals surface area contributed by atoms with Crippen LogP contribution in [0, 0.1) is 5.92 Å². The van der Waals surface area contributed by atoms with Crippen molar-refractivity contribution in [2.45, 2.75) is 52.1 Å². The van der Waals surface area contributed by atoms with E-state index in [1.54, 1.807) is 27.9 Å². The molecule has 1 atom stereocenters. The van der Waals surface area contributed by atoms with E-state index in [0.29, 0.717) is 12.8 Å². The Balaban J connectivity index is 2.46. The number of ether oxygens (including phenoxy) is 2. The van der Waals surface area contributed by atoms with Crippen LogP contribution in [-0.4, -0.2) is 29.8 Å². The average Bonchev–Trinajstić information content (AvgIpc) is 2.44. The number of carboxylic acid groups (broad SMARTS) is 1. The van der Waals surface area contributed by atoms with E-state index in [9.17, 15) is 14.7 Å². The minimum absolute atomic E-state index is 0.0881. The molecule has 0 saturated heterocycles. The molecule has 23 heavy (non-hydrogen) atoms. The maximum Gasteiger partial charge on any atom is 0.307 e. The van der Waals surface area contributed by atoms with Crippen LogP contribution in [0.4, 0.5) is 0 Å². The molecule has 1 rings (SSSR count). The highest BCUT2D eigenvalue weighted by atomic mass is 16.6. The topological polar surface area (TPSA) is 72.8 Å². The molecule has 0 bridgehead atoms. The van der Waals surface area contributed by atoms with E-state index in [4.69, 9.17) is 9.47 Å². The molecule has 5 nitrogen and oxygen atoms in total. The molecule has 1 aromatic carbocycles. The number of aryl methyl sites for hydroxylation is 1. The van der Waals surface area contributed by atoms with Gasteiger partial charge in [-0.15, -0.1) is 0 Å². The van der Waals surface area contributed by atoms with Crippen molar-refractivity contribution in [2.24, 2.45) is 5.92 Å². The Kier molecular flexibility index (Phi) is 7.07. The molecule has 0 saturated carbocycles. The fourth-order valence-electron chi connectivity index (χ4n) is 2.24. The standard InChI is InChI=1S/C18H26O5/c1-18(2,3)23-16(19)12-14(17(20)21)7-5-6-13-8-10-15(22-4)11-9-13/h8-11,14H,5-7,12H2,1-4H3,(H,20,21). The minimum atomic E-state index is -0.953. The normalized spacial score (nSPS) is 12.5. The lowest BCUT2D eigenvalue weighted by atomic mass is 9.96. The van der Waals surface area contributed by atoms with Gasteiger partial charge in [0.2, 0.25) is 0 Å². The van der Waals surface area contributed by atoms with Crippen LogP contribution >= 0.6 is 0 Å².